The highest BCUT2D eigenvalue weighted by molar-refractivity contribution is 5.76. The third kappa shape index (κ3) is 1.98. The molecule has 2 N–H and O–H groups in total. The minimum atomic E-state index is 0.551. The molecule has 0 saturated carbocycles. The van der Waals surface area contributed by atoms with E-state index in [1.54, 1.807) is 6.20 Å². The average Bonchev–Trinajstić information content (AvgIpc) is 2.83. The van der Waals surface area contributed by atoms with Crippen molar-refractivity contribution in [1.29, 1.82) is 0 Å². The first-order chi connectivity index (χ1) is 8.86. The summed E-state index contributed by atoms with van der Waals surface area (Å²) < 4.78 is 5.68. The van der Waals surface area contributed by atoms with Crippen LogP contribution in [0.1, 0.15) is 5.56 Å². The molecule has 0 radical (unpaired) electrons. The lowest BCUT2D eigenvalue weighted by Crippen LogP contribution is -2.02. The van der Waals surface area contributed by atoms with Crippen molar-refractivity contribution in [2.24, 2.45) is 5.73 Å². The molecule has 3 rings (SSSR count). The predicted molar refractivity (Wildman–Crippen MR) is 70.0 cm³/mol. The molecule has 0 fully saturated rings. The second-order valence-corrected chi connectivity index (χ2v) is 4.07. The first kappa shape index (κ1) is 10.9. The van der Waals surface area contributed by atoms with E-state index >= 15 is 0 Å². The highest BCUT2D eigenvalue weighted by atomic mass is 16.3. The van der Waals surface area contributed by atoms with Crippen LogP contribution in [0.25, 0.3) is 22.7 Å². The fourth-order valence-corrected chi connectivity index (χ4v) is 1.89. The lowest BCUT2D eigenvalue weighted by molar-refractivity contribution is 0.616. The van der Waals surface area contributed by atoms with E-state index in [4.69, 9.17) is 10.2 Å². The molecule has 4 heteroatoms. The van der Waals surface area contributed by atoms with Gasteiger partial charge in [-0.3, -0.25) is 4.98 Å². The monoisotopic (exact) mass is 239 g/mol. The standard InChI is InChI=1S/C14H13N3O/c15-7-6-10-4-5-13-12(9-10)17-14(18-13)11-3-1-2-8-16-11/h1-5,8-9H,6-7,15H2. The number of pyridine rings is 1. The highest BCUT2D eigenvalue weighted by Crippen LogP contribution is 2.23. The molecule has 0 bridgehead atoms. The first-order valence-corrected chi connectivity index (χ1v) is 5.88. The molecule has 18 heavy (non-hydrogen) atoms. The quantitative estimate of drug-likeness (QED) is 0.762. The molecule has 0 spiro atoms. The Morgan fingerprint density at radius 1 is 1.17 bits per heavy atom. The summed E-state index contributed by atoms with van der Waals surface area (Å²) >= 11 is 0. The molecule has 90 valence electrons. The summed E-state index contributed by atoms with van der Waals surface area (Å²) in [5.74, 6) is 0.551. The Labute approximate surface area is 104 Å². The lowest BCUT2D eigenvalue weighted by Gasteiger charge is -1.95. The Morgan fingerprint density at radius 3 is 2.89 bits per heavy atom. The summed E-state index contributed by atoms with van der Waals surface area (Å²) in [7, 11) is 0. The van der Waals surface area contributed by atoms with Gasteiger partial charge >= 0.3 is 0 Å². The van der Waals surface area contributed by atoms with Gasteiger partial charge < -0.3 is 10.2 Å². The zero-order valence-corrected chi connectivity index (χ0v) is 9.84. The number of nitrogens with two attached hydrogens (primary N) is 1. The van der Waals surface area contributed by atoms with Crippen molar-refractivity contribution in [2.45, 2.75) is 6.42 Å². The largest absolute Gasteiger partial charge is 0.435 e. The van der Waals surface area contributed by atoms with Crippen LogP contribution in [0.3, 0.4) is 0 Å². The number of hydrogen-bond acceptors (Lipinski definition) is 4. The smallest absolute Gasteiger partial charge is 0.246 e. The summed E-state index contributed by atoms with van der Waals surface area (Å²) in [6, 6.07) is 11.6. The number of nitrogens with zero attached hydrogens (tertiary/aromatic N) is 2. The number of aromatic nitrogens is 2. The molecule has 0 saturated heterocycles. The number of benzene rings is 1. The molecule has 0 aliphatic heterocycles. The maximum absolute atomic E-state index is 5.68. The van der Waals surface area contributed by atoms with E-state index in [2.05, 4.69) is 9.97 Å². The van der Waals surface area contributed by atoms with Gasteiger partial charge in [0.05, 0.1) is 0 Å². The van der Waals surface area contributed by atoms with Gasteiger partial charge in [-0.2, -0.15) is 0 Å². The fourth-order valence-electron chi connectivity index (χ4n) is 1.89. The average molecular weight is 239 g/mol. The van der Waals surface area contributed by atoms with Crippen LogP contribution in [0, 0.1) is 0 Å². The van der Waals surface area contributed by atoms with E-state index < -0.39 is 0 Å². The maximum Gasteiger partial charge on any atom is 0.246 e. The molecule has 0 unspecified atom stereocenters. The van der Waals surface area contributed by atoms with Crippen molar-refractivity contribution in [3.05, 3.63) is 48.2 Å². The minimum absolute atomic E-state index is 0.551. The molecule has 4 nitrogen and oxygen atoms in total. The summed E-state index contributed by atoms with van der Waals surface area (Å²) in [4.78, 5) is 8.68. The Morgan fingerprint density at radius 2 is 2.11 bits per heavy atom. The van der Waals surface area contributed by atoms with Crippen molar-refractivity contribution >= 4 is 11.1 Å². The number of rotatable bonds is 3. The van der Waals surface area contributed by atoms with Gasteiger partial charge in [-0.1, -0.05) is 12.1 Å². The van der Waals surface area contributed by atoms with Crippen LogP contribution in [0.2, 0.25) is 0 Å². The number of fused-ring (bicyclic) bond motifs is 1. The fraction of sp³-hybridized carbons (Fsp3) is 0.143. The molecular weight excluding hydrogens is 226 g/mol. The van der Waals surface area contributed by atoms with Gasteiger partial charge in [-0.25, -0.2) is 4.98 Å². The molecule has 1 aromatic carbocycles. The normalized spacial score (nSPS) is 10.9. The van der Waals surface area contributed by atoms with Crippen LogP contribution in [-0.2, 0) is 6.42 Å². The molecule has 0 aliphatic rings. The van der Waals surface area contributed by atoms with E-state index in [0.717, 1.165) is 23.2 Å². The van der Waals surface area contributed by atoms with Crippen LogP contribution >= 0.6 is 0 Å². The van der Waals surface area contributed by atoms with E-state index in [0.29, 0.717) is 12.4 Å². The maximum atomic E-state index is 5.68. The van der Waals surface area contributed by atoms with E-state index in [1.165, 1.54) is 5.56 Å². The van der Waals surface area contributed by atoms with Crippen molar-refractivity contribution in [1.82, 2.24) is 9.97 Å². The van der Waals surface area contributed by atoms with Crippen molar-refractivity contribution in [3.63, 3.8) is 0 Å². The van der Waals surface area contributed by atoms with Gasteiger partial charge in [0.15, 0.2) is 5.58 Å². The predicted octanol–water partition coefficient (Wildman–Crippen LogP) is 2.39. The van der Waals surface area contributed by atoms with Crippen molar-refractivity contribution < 1.29 is 4.42 Å². The van der Waals surface area contributed by atoms with Gasteiger partial charge in [0, 0.05) is 6.20 Å². The van der Waals surface area contributed by atoms with Gasteiger partial charge in [-0.05, 0) is 42.8 Å². The third-order valence-corrected chi connectivity index (χ3v) is 2.77. The van der Waals surface area contributed by atoms with Crippen LogP contribution in [-0.4, -0.2) is 16.5 Å². The molecule has 0 amide bonds. The zero-order valence-electron chi connectivity index (χ0n) is 9.84. The SMILES string of the molecule is NCCc1ccc2oc(-c3ccccn3)nc2c1. The summed E-state index contributed by atoms with van der Waals surface area (Å²) in [5.41, 5.74) is 9.09. The Balaban J connectivity index is 2.06. The summed E-state index contributed by atoms with van der Waals surface area (Å²) in [6.07, 6.45) is 2.58. The molecular formula is C14H13N3O. The Bertz CT molecular complexity index is 661. The van der Waals surface area contributed by atoms with Gasteiger partial charge in [0.25, 0.3) is 0 Å². The van der Waals surface area contributed by atoms with E-state index in [9.17, 15) is 0 Å². The van der Waals surface area contributed by atoms with Crippen LogP contribution in [0.5, 0.6) is 0 Å². The summed E-state index contributed by atoms with van der Waals surface area (Å²) in [6.45, 7) is 0.635. The summed E-state index contributed by atoms with van der Waals surface area (Å²) in [5, 5.41) is 0. The van der Waals surface area contributed by atoms with Crippen LogP contribution in [0.15, 0.2) is 47.0 Å². The van der Waals surface area contributed by atoms with Crippen molar-refractivity contribution in [3.8, 4) is 11.6 Å². The lowest BCUT2D eigenvalue weighted by atomic mass is 10.1. The third-order valence-electron chi connectivity index (χ3n) is 2.77. The van der Waals surface area contributed by atoms with Crippen molar-refractivity contribution in [2.75, 3.05) is 6.54 Å². The molecule has 2 heterocycles. The number of oxazole rings is 1. The molecule has 0 aliphatic carbocycles. The second kappa shape index (κ2) is 4.58. The molecule has 2 aromatic heterocycles. The first-order valence-electron chi connectivity index (χ1n) is 5.88. The van der Waals surface area contributed by atoms with Gasteiger partial charge in [0.2, 0.25) is 5.89 Å². The van der Waals surface area contributed by atoms with Gasteiger partial charge in [0.1, 0.15) is 11.2 Å². The Hall–Kier alpha value is -2.20. The van der Waals surface area contributed by atoms with E-state index in [-0.39, 0.29) is 0 Å². The topological polar surface area (TPSA) is 64.9 Å². The molecule has 3 aromatic rings. The Kier molecular flexibility index (Phi) is 2.78. The number of hydrogen-bond donors (Lipinski definition) is 1. The van der Waals surface area contributed by atoms with Gasteiger partial charge in [-0.15, -0.1) is 0 Å². The highest BCUT2D eigenvalue weighted by Gasteiger charge is 2.09. The second-order valence-electron chi connectivity index (χ2n) is 4.07. The molecule has 0 atom stereocenters. The van der Waals surface area contributed by atoms with Crippen LogP contribution in [0.4, 0.5) is 0 Å². The van der Waals surface area contributed by atoms with E-state index in [1.807, 2.05) is 36.4 Å². The van der Waals surface area contributed by atoms with Crippen LogP contribution < -0.4 is 5.73 Å². The zero-order chi connectivity index (χ0) is 12.4. The minimum Gasteiger partial charge on any atom is -0.435 e.